The summed E-state index contributed by atoms with van der Waals surface area (Å²) in [5.41, 5.74) is 3.29. The van der Waals surface area contributed by atoms with Gasteiger partial charge in [-0.05, 0) is 74.0 Å². The fourth-order valence-electron chi connectivity index (χ4n) is 2.57. The number of nitrogens with one attached hydrogen (secondary N) is 1. The van der Waals surface area contributed by atoms with Crippen LogP contribution in [-0.4, -0.2) is 13.1 Å². The number of hydrogen-bond acceptors (Lipinski definition) is 1. The first kappa shape index (κ1) is 12.3. The van der Waals surface area contributed by atoms with Gasteiger partial charge in [0.1, 0.15) is 5.82 Å². The van der Waals surface area contributed by atoms with Crippen molar-refractivity contribution in [2.45, 2.75) is 26.2 Å². The number of halogens is 1. The van der Waals surface area contributed by atoms with Gasteiger partial charge in [0.2, 0.25) is 0 Å². The highest BCUT2D eigenvalue weighted by Gasteiger charge is 2.17. The number of aryl methyl sites for hydroxylation is 1. The van der Waals surface area contributed by atoms with Crippen molar-refractivity contribution in [2.75, 3.05) is 13.1 Å². The van der Waals surface area contributed by atoms with Crippen LogP contribution in [0.25, 0.3) is 5.57 Å². The van der Waals surface area contributed by atoms with Crippen LogP contribution in [0.1, 0.15) is 30.4 Å². The maximum atomic E-state index is 13.1. The Labute approximate surface area is 103 Å². The molecule has 1 aromatic carbocycles. The molecule has 0 saturated carbocycles. The van der Waals surface area contributed by atoms with Crippen LogP contribution < -0.4 is 5.32 Å². The third-order valence-corrected chi connectivity index (χ3v) is 3.60. The monoisotopic (exact) mass is 233 g/mol. The first-order chi connectivity index (χ1) is 8.18. The van der Waals surface area contributed by atoms with Gasteiger partial charge in [-0.1, -0.05) is 12.6 Å². The summed E-state index contributed by atoms with van der Waals surface area (Å²) in [5, 5.41) is 3.41. The predicted octanol–water partition coefficient (Wildman–Crippen LogP) is 3.54. The van der Waals surface area contributed by atoms with Crippen LogP contribution >= 0.6 is 0 Å². The van der Waals surface area contributed by atoms with Crippen LogP contribution in [0.4, 0.5) is 4.39 Å². The Balaban J connectivity index is 2.17. The van der Waals surface area contributed by atoms with E-state index in [1.165, 1.54) is 24.5 Å². The standard InChI is InChI=1S/C15H20FN/c1-11-10-14(16)5-6-15(11)12(2)13-4-3-8-17-9-7-13/h5-6,10,13,17H,2-4,7-9H2,1H3. The average Bonchev–Trinajstić information content (AvgIpc) is 2.56. The fourth-order valence-corrected chi connectivity index (χ4v) is 2.57. The molecule has 1 nitrogen and oxygen atoms in total. The molecule has 0 spiro atoms. The highest BCUT2D eigenvalue weighted by molar-refractivity contribution is 5.67. The van der Waals surface area contributed by atoms with Crippen molar-refractivity contribution in [1.29, 1.82) is 0 Å². The molecule has 2 rings (SSSR count). The van der Waals surface area contributed by atoms with Crippen LogP contribution in [0, 0.1) is 18.7 Å². The first-order valence-corrected chi connectivity index (χ1v) is 6.34. The van der Waals surface area contributed by atoms with Crippen LogP contribution in [0.3, 0.4) is 0 Å². The maximum absolute atomic E-state index is 13.1. The molecule has 1 heterocycles. The zero-order chi connectivity index (χ0) is 12.3. The third kappa shape index (κ3) is 2.95. The lowest BCUT2D eigenvalue weighted by molar-refractivity contribution is 0.591. The quantitative estimate of drug-likeness (QED) is 0.824. The molecule has 17 heavy (non-hydrogen) atoms. The van der Waals surface area contributed by atoms with Gasteiger partial charge < -0.3 is 5.32 Å². The summed E-state index contributed by atoms with van der Waals surface area (Å²) in [6, 6.07) is 4.99. The van der Waals surface area contributed by atoms with Crippen molar-refractivity contribution in [2.24, 2.45) is 5.92 Å². The highest BCUT2D eigenvalue weighted by atomic mass is 19.1. The van der Waals surface area contributed by atoms with Crippen LogP contribution in [-0.2, 0) is 0 Å². The third-order valence-electron chi connectivity index (χ3n) is 3.60. The Morgan fingerprint density at radius 1 is 1.35 bits per heavy atom. The van der Waals surface area contributed by atoms with Gasteiger partial charge in [0, 0.05) is 0 Å². The summed E-state index contributed by atoms with van der Waals surface area (Å²) in [6.45, 7) is 8.35. The van der Waals surface area contributed by atoms with Crippen LogP contribution in [0.15, 0.2) is 24.8 Å². The van der Waals surface area contributed by atoms with E-state index >= 15 is 0 Å². The molecule has 2 heteroatoms. The molecule has 1 fully saturated rings. The molecule has 0 radical (unpaired) electrons. The van der Waals surface area contributed by atoms with E-state index in [0.717, 1.165) is 30.6 Å². The number of hydrogen-bond donors (Lipinski definition) is 1. The second kappa shape index (κ2) is 5.46. The van der Waals surface area contributed by atoms with Crippen molar-refractivity contribution in [3.63, 3.8) is 0 Å². The second-order valence-corrected chi connectivity index (χ2v) is 4.86. The summed E-state index contributed by atoms with van der Waals surface area (Å²) in [7, 11) is 0. The smallest absolute Gasteiger partial charge is 0.123 e. The molecule has 92 valence electrons. The van der Waals surface area contributed by atoms with Gasteiger partial charge in [0.05, 0.1) is 0 Å². The Bertz CT molecular complexity index is 403. The van der Waals surface area contributed by atoms with E-state index in [2.05, 4.69) is 11.9 Å². The maximum Gasteiger partial charge on any atom is 0.123 e. The SMILES string of the molecule is C=C(c1ccc(F)cc1C)C1CCCNCC1. The Kier molecular flexibility index (Phi) is 3.95. The van der Waals surface area contributed by atoms with E-state index in [-0.39, 0.29) is 5.82 Å². The van der Waals surface area contributed by atoms with E-state index in [4.69, 9.17) is 0 Å². The molecular formula is C15H20FN. The van der Waals surface area contributed by atoms with Gasteiger partial charge in [0.25, 0.3) is 0 Å². The van der Waals surface area contributed by atoms with Gasteiger partial charge in [-0.25, -0.2) is 4.39 Å². The van der Waals surface area contributed by atoms with E-state index < -0.39 is 0 Å². The molecule has 0 aromatic heterocycles. The van der Waals surface area contributed by atoms with E-state index in [9.17, 15) is 4.39 Å². The summed E-state index contributed by atoms with van der Waals surface area (Å²) in [4.78, 5) is 0. The molecule has 1 atom stereocenters. The molecule has 1 aliphatic heterocycles. The number of benzene rings is 1. The molecule has 1 saturated heterocycles. The Morgan fingerprint density at radius 3 is 2.94 bits per heavy atom. The van der Waals surface area contributed by atoms with Gasteiger partial charge >= 0.3 is 0 Å². The van der Waals surface area contributed by atoms with E-state index in [1.807, 2.05) is 13.0 Å². The number of allylic oxidation sites excluding steroid dienone is 1. The normalized spacial score (nSPS) is 20.9. The van der Waals surface area contributed by atoms with Gasteiger partial charge in [-0.3, -0.25) is 0 Å². The molecular weight excluding hydrogens is 213 g/mol. The first-order valence-electron chi connectivity index (χ1n) is 6.34. The summed E-state index contributed by atoms with van der Waals surface area (Å²) in [6.07, 6.45) is 3.52. The van der Waals surface area contributed by atoms with Crippen LogP contribution in [0.5, 0.6) is 0 Å². The molecule has 1 N–H and O–H groups in total. The molecule has 0 amide bonds. The molecule has 1 aromatic rings. The zero-order valence-electron chi connectivity index (χ0n) is 10.4. The summed E-state index contributed by atoms with van der Waals surface area (Å²) < 4.78 is 13.1. The largest absolute Gasteiger partial charge is 0.317 e. The van der Waals surface area contributed by atoms with E-state index in [1.54, 1.807) is 6.07 Å². The fraction of sp³-hybridized carbons (Fsp3) is 0.467. The van der Waals surface area contributed by atoms with Gasteiger partial charge in [0.15, 0.2) is 0 Å². The Morgan fingerprint density at radius 2 is 2.18 bits per heavy atom. The van der Waals surface area contributed by atoms with Gasteiger partial charge in [-0.15, -0.1) is 0 Å². The number of rotatable bonds is 2. The van der Waals surface area contributed by atoms with Crippen molar-refractivity contribution < 1.29 is 4.39 Å². The minimum atomic E-state index is -0.165. The van der Waals surface area contributed by atoms with Crippen molar-refractivity contribution in [3.05, 3.63) is 41.7 Å². The lowest BCUT2D eigenvalue weighted by atomic mass is 9.86. The minimum absolute atomic E-state index is 0.165. The second-order valence-electron chi connectivity index (χ2n) is 4.86. The minimum Gasteiger partial charge on any atom is -0.317 e. The zero-order valence-corrected chi connectivity index (χ0v) is 10.4. The molecule has 0 bridgehead atoms. The van der Waals surface area contributed by atoms with E-state index in [0.29, 0.717) is 5.92 Å². The van der Waals surface area contributed by atoms with Crippen molar-refractivity contribution >= 4 is 5.57 Å². The van der Waals surface area contributed by atoms with Crippen molar-refractivity contribution in [1.82, 2.24) is 5.32 Å². The average molecular weight is 233 g/mol. The lowest BCUT2D eigenvalue weighted by Crippen LogP contribution is -2.14. The molecule has 1 aliphatic rings. The van der Waals surface area contributed by atoms with Crippen LogP contribution in [0.2, 0.25) is 0 Å². The van der Waals surface area contributed by atoms with Gasteiger partial charge in [-0.2, -0.15) is 0 Å². The molecule has 1 unspecified atom stereocenters. The lowest BCUT2D eigenvalue weighted by Gasteiger charge is -2.19. The highest BCUT2D eigenvalue weighted by Crippen LogP contribution is 2.31. The summed E-state index contributed by atoms with van der Waals surface area (Å²) >= 11 is 0. The summed E-state index contributed by atoms with van der Waals surface area (Å²) in [5.74, 6) is 0.371. The topological polar surface area (TPSA) is 12.0 Å². The Hall–Kier alpha value is -1.15. The van der Waals surface area contributed by atoms with Crippen molar-refractivity contribution in [3.8, 4) is 0 Å². The predicted molar refractivity (Wildman–Crippen MR) is 70.4 cm³/mol. The molecule has 0 aliphatic carbocycles.